The molecule has 8 aromatic rings. The quantitative estimate of drug-likeness (QED) is 0.165. The summed E-state index contributed by atoms with van der Waals surface area (Å²) in [6.07, 6.45) is 11.9. The average Bonchev–Trinajstić information content (AvgIpc) is 3.69. The Morgan fingerprint density at radius 3 is 1.45 bits per heavy atom. The molecular formula is C60H48N2. The lowest BCUT2D eigenvalue weighted by Gasteiger charge is -2.40. The summed E-state index contributed by atoms with van der Waals surface area (Å²) in [5, 5.41) is 2.48. The first-order valence-electron chi connectivity index (χ1n) is 22.1. The molecule has 0 heterocycles. The first-order valence-corrected chi connectivity index (χ1v) is 22.1. The number of nitrogens with zero attached hydrogens (tertiary/aromatic N) is 2. The Morgan fingerprint density at radius 1 is 0.387 bits per heavy atom. The fourth-order valence-corrected chi connectivity index (χ4v) is 11.4. The minimum Gasteiger partial charge on any atom is -0.314 e. The number of allylic oxidation sites excluding steroid dienone is 4. The second-order valence-electron chi connectivity index (χ2n) is 18.5. The number of benzene rings is 8. The summed E-state index contributed by atoms with van der Waals surface area (Å²) in [4.78, 5) is 5.03. The molecule has 2 nitrogen and oxygen atoms in total. The van der Waals surface area contributed by atoms with Gasteiger partial charge in [-0.3, -0.25) is 0 Å². The molecule has 2 heteroatoms. The molecule has 2 unspecified atom stereocenters. The van der Waals surface area contributed by atoms with Crippen LogP contribution in [-0.4, -0.2) is 0 Å². The summed E-state index contributed by atoms with van der Waals surface area (Å²) in [5.74, 6) is 0.246. The first kappa shape index (κ1) is 36.7. The van der Waals surface area contributed by atoms with Gasteiger partial charge in [0, 0.05) is 56.5 Å². The first-order chi connectivity index (χ1) is 30.3. The van der Waals surface area contributed by atoms with Crippen molar-refractivity contribution in [2.75, 3.05) is 9.80 Å². The summed E-state index contributed by atoms with van der Waals surface area (Å²) in [6.45, 7) is 9.49. The highest BCUT2D eigenvalue weighted by molar-refractivity contribution is 6.05. The Labute approximate surface area is 365 Å². The Kier molecular flexibility index (Phi) is 8.09. The molecule has 12 rings (SSSR count). The van der Waals surface area contributed by atoms with Crippen LogP contribution in [0.4, 0.5) is 28.4 Å². The average molecular weight is 797 g/mol. The third-order valence-corrected chi connectivity index (χ3v) is 14.4. The molecule has 0 amide bonds. The molecule has 0 radical (unpaired) electrons. The molecule has 8 aromatic carbocycles. The number of para-hydroxylation sites is 2. The van der Waals surface area contributed by atoms with Crippen molar-refractivity contribution < 1.29 is 0 Å². The van der Waals surface area contributed by atoms with Crippen molar-refractivity contribution in [1.29, 1.82) is 0 Å². The molecule has 298 valence electrons. The summed E-state index contributed by atoms with van der Waals surface area (Å²) >= 11 is 0. The largest absolute Gasteiger partial charge is 0.314 e. The number of hydrogen-bond donors (Lipinski definition) is 0. The zero-order valence-electron chi connectivity index (χ0n) is 35.7. The summed E-state index contributed by atoms with van der Waals surface area (Å²) in [6, 6.07) is 65.6. The van der Waals surface area contributed by atoms with Crippen LogP contribution >= 0.6 is 0 Å². The van der Waals surface area contributed by atoms with E-state index >= 15 is 0 Å². The normalized spacial score (nSPS) is 17.9. The van der Waals surface area contributed by atoms with E-state index in [0.717, 1.165) is 11.4 Å². The van der Waals surface area contributed by atoms with E-state index in [1.165, 1.54) is 89.2 Å². The van der Waals surface area contributed by atoms with Gasteiger partial charge in [0.1, 0.15) is 0 Å². The third-order valence-electron chi connectivity index (χ3n) is 14.4. The Balaban J connectivity index is 1.07. The smallest absolute Gasteiger partial charge is 0.0543 e. The van der Waals surface area contributed by atoms with E-state index in [0.29, 0.717) is 0 Å². The molecule has 2 atom stereocenters. The van der Waals surface area contributed by atoms with Crippen molar-refractivity contribution >= 4 is 45.3 Å². The predicted octanol–water partition coefficient (Wildman–Crippen LogP) is 15.9. The number of anilines is 5. The Hall–Kier alpha value is -7.16. The Bertz CT molecular complexity index is 3200. The molecule has 4 aliphatic carbocycles. The number of fused-ring (bicyclic) bond motifs is 11. The second kappa shape index (κ2) is 13.7. The SMILES string of the molecule is CC1(C)c2ccccc2-c2ccc(N(C3=Cc4c(cc(N(c5ccccc5)c5ccc6c(c5)C(C)(C)c5ccccc5-6)c5ccccc45)C4C=CC=CC34)c3ccccc3)cc21. The Morgan fingerprint density at radius 2 is 0.855 bits per heavy atom. The van der Waals surface area contributed by atoms with Gasteiger partial charge >= 0.3 is 0 Å². The van der Waals surface area contributed by atoms with E-state index in [1.807, 2.05) is 0 Å². The zero-order valence-corrected chi connectivity index (χ0v) is 35.7. The lowest BCUT2D eigenvalue weighted by atomic mass is 9.73. The van der Waals surface area contributed by atoms with E-state index in [4.69, 9.17) is 0 Å². The predicted molar refractivity (Wildman–Crippen MR) is 261 cm³/mol. The molecule has 62 heavy (non-hydrogen) atoms. The lowest BCUT2D eigenvalue weighted by molar-refractivity contribution is 0.642. The maximum atomic E-state index is 2.53. The molecule has 0 spiro atoms. The van der Waals surface area contributed by atoms with Crippen molar-refractivity contribution in [2.45, 2.75) is 44.4 Å². The van der Waals surface area contributed by atoms with Crippen LogP contribution in [0, 0.1) is 5.92 Å². The minimum atomic E-state index is -0.112. The van der Waals surface area contributed by atoms with Gasteiger partial charge in [-0.2, -0.15) is 0 Å². The molecular weight excluding hydrogens is 749 g/mol. The van der Waals surface area contributed by atoms with Crippen molar-refractivity contribution in [3.05, 3.63) is 239 Å². The second-order valence-corrected chi connectivity index (χ2v) is 18.5. The maximum Gasteiger partial charge on any atom is 0.0543 e. The van der Waals surface area contributed by atoms with E-state index in [2.05, 4.69) is 244 Å². The van der Waals surface area contributed by atoms with Crippen LogP contribution in [0.15, 0.2) is 206 Å². The highest BCUT2D eigenvalue weighted by Crippen LogP contribution is 2.55. The summed E-state index contributed by atoms with van der Waals surface area (Å²) in [5.41, 5.74) is 20.4. The van der Waals surface area contributed by atoms with Crippen LogP contribution in [0.2, 0.25) is 0 Å². The molecule has 0 N–H and O–H groups in total. The molecule has 0 bridgehead atoms. The van der Waals surface area contributed by atoms with E-state index in [1.54, 1.807) is 0 Å². The minimum absolute atomic E-state index is 0.107. The molecule has 0 aliphatic heterocycles. The van der Waals surface area contributed by atoms with Gasteiger partial charge in [0.15, 0.2) is 0 Å². The van der Waals surface area contributed by atoms with Gasteiger partial charge in [-0.25, -0.2) is 0 Å². The van der Waals surface area contributed by atoms with Crippen LogP contribution in [0.3, 0.4) is 0 Å². The highest BCUT2D eigenvalue weighted by Gasteiger charge is 2.39. The van der Waals surface area contributed by atoms with Crippen molar-refractivity contribution in [1.82, 2.24) is 0 Å². The van der Waals surface area contributed by atoms with Gasteiger partial charge < -0.3 is 9.80 Å². The number of hydrogen-bond acceptors (Lipinski definition) is 2. The van der Waals surface area contributed by atoms with Gasteiger partial charge in [-0.05, 0) is 122 Å². The van der Waals surface area contributed by atoms with Crippen LogP contribution in [-0.2, 0) is 10.8 Å². The zero-order chi connectivity index (χ0) is 41.7. The van der Waals surface area contributed by atoms with Gasteiger partial charge in [0.25, 0.3) is 0 Å². The standard InChI is InChI=1S/C60H48N2/c1-59(2)53-29-17-15-25-45(53)47-33-31-41(35-55(47)59)61(39-19-7-5-8-20-39)57-37-51-44-24-12-14-28-50(44)58(38-52(51)43-23-11-13-27-49(43)57)62(40-21-9-6-10-22-40)42-32-34-48-46-26-16-18-30-54(46)60(3,4)56(48)36-42/h5-38,43,49H,1-4H3. The molecule has 4 aliphatic rings. The van der Waals surface area contributed by atoms with Gasteiger partial charge in [-0.1, -0.05) is 173 Å². The molecule has 0 aromatic heterocycles. The van der Waals surface area contributed by atoms with E-state index < -0.39 is 0 Å². The van der Waals surface area contributed by atoms with Crippen LogP contribution in [0.1, 0.15) is 67.0 Å². The van der Waals surface area contributed by atoms with Gasteiger partial charge in [-0.15, -0.1) is 0 Å². The topological polar surface area (TPSA) is 6.48 Å². The van der Waals surface area contributed by atoms with Crippen molar-refractivity contribution in [2.24, 2.45) is 5.92 Å². The van der Waals surface area contributed by atoms with E-state index in [9.17, 15) is 0 Å². The molecule has 0 saturated carbocycles. The van der Waals surface area contributed by atoms with Crippen molar-refractivity contribution in [3.8, 4) is 22.3 Å². The summed E-state index contributed by atoms with van der Waals surface area (Å²) in [7, 11) is 0. The van der Waals surface area contributed by atoms with Crippen LogP contribution in [0.25, 0.3) is 39.1 Å². The monoisotopic (exact) mass is 796 g/mol. The number of rotatable bonds is 6. The van der Waals surface area contributed by atoms with Gasteiger partial charge in [0.05, 0.1) is 5.69 Å². The van der Waals surface area contributed by atoms with Crippen LogP contribution < -0.4 is 9.80 Å². The van der Waals surface area contributed by atoms with Crippen molar-refractivity contribution in [3.63, 3.8) is 0 Å². The lowest BCUT2D eigenvalue weighted by Crippen LogP contribution is -2.29. The highest BCUT2D eigenvalue weighted by atomic mass is 15.2. The summed E-state index contributed by atoms with van der Waals surface area (Å²) < 4.78 is 0. The van der Waals surface area contributed by atoms with E-state index in [-0.39, 0.29) is 22.7 Å². The molecule has 0 saturated heterocycles. The fourth-order valence-electron chi connectivity index (χ4n) is 11.4. The molecule has 0 fully saturated rings. The third kappa shape index (κ3) is 5.36. The van der Waals surface area contributed by atoms with Gasteiger partial charge in [0.2, 0.25) is 0 Å². The maximum absolute atomic E-state index is 2.53. The van der Waals surface area contributed by atoms with Crippen LogP contribution in [0.5, 0.6) is 0 Å². The fraction of sp³-hybridized carbons (Fsp3) is 0.133.